The fourth-order valence-corrected chi connectivity index (χ4v) is 2.04. The number of benzene rings is 2. The Balaban J connectivity index is 2.22. The van der Waals surface area contributed by atoms with Gasteiger partial charge in [0.15, 0.2) is 5.78 Å². The molecule has 2 N–H and O–H groups in total. The molecule has 5 heteroatoms. The van der Waals surface area contributed by atoms with Gasteiger partial charge in [0.05, 0.1) is 11.2 Å². The Bertz CT molecular complexity index is 776. The number of hydrogen-bond acceptors (Lipinski definition) is 4. The maximum Gasteiger partial charge on any atom is 0.161 e. The van der Waals surface area contributed by atoms with E-state index in [4.69, 9.17) is 5.73 Å². The zero-order valence-corrected chi connectivity index (χ0v) is 10.4. The second-order valence-electron chi connectivity index (χ2n) is 4.32. The number of nitrogen functional groups attached to an aromatic ring is 1. The average Bonchev–Trinajstić information content (AvgIpc) is 2.83. The summed E-state index contributed by atoms with van der Waals surface area (Å²) in [6.07, 6.45) is 0. The molecule has 0 aliphatic carbocycles. The summed E-state index contributed by atoms with van der Waals surface area (Å²) >= 11 is 0. The molecule has 0 aliphatic heterocycles. The summed E-state index contributed by atoms with van der Waals surface area (Å²) in [5.74, 6) is -0.0660. The van der Waals surface area contributed by atoms with Gasteiger partial charge in [0.2, 0.25) is 0 Å². The largest absolute Gasteiger partial charge is 0.398 e. The van der Waals surface area contributed by atoms with Gasteiger partial charge in [0.1, 0.15) is 5.52 Å². The Hall–Kier alpha value is -2.69. The quantitative estimate of drug-likeness (QED) is 0.560. The van der Waals surface area contributed by atoms with Crippen molar-refractivity contribution in [3.05, 3.63) is 48.0 Å². The third-order valence-corrected chi connectivity index (χ3v) is 3.01. The number of carbonyl (C=O) groups is 1. The van der Waals surface area contributed by atoms with Crippen LogP contribution in [0.5, 0.6) is 0 Å². The van der Waals surface area contributed by atoms with Gasteiger partial charge in [-0.15, -0.1) is 5.10 Å². The Morgan fingerprint density at radius 3 is 2.79 bits per heavy atom. The lowest BCUT2D eigenvalue weighted by Crippen LogP contribution is -2.03. The number of fused-ring (bicyclic) bond motifs is 1. The van der Waals surface area contributed by atoms with E-state index in [1.807, 2.05) is 30.3 Å². The number of rotatable bonds is 2. The van der Waals surface area contributed by atoms with Gasteiger partial charge in [-0.2, -0.15) is 0 Å². The number of ketones is 1. The first-order valence-corrected chi connectivity index (χ1v) is 5.88. The van der Waals surface area contributed by atoms with Gasteiger partial charge in [-0.05, 0) is 37.3 Å². The van der Waals surface area contributed by atoms with E-state index < -0.39 is 0 Å². The van der Waals surface area contributed by atoms with Gasteiger partial charge in [-0.3, -0.25) is 4.79 Å². The SMILES string of the molecule is CC(=O)c1cc(-n2nnc3ccccc32)ccc1N. The summed E-state index contributed by atoms with van der Waals surface area (Å²) in [6, 6.07) is 12.9. The molecule has 3 aromatic rings. The molecular formula is C14H12N4O. The number of Topliss-reactive ketones (excluding diaryl/α,β-unsaturated/α-hetero) is 1. The molecule has 1 heterocycles. The van der Waals surface area contributed by atoms with Gasteiger partial charge in [-0.25, -0.2) is 4.68 Å². The van der Waals surface area contributed by atoms with Crippen molar-refractivity contribution in [1.82, 2.24) is 15.0 Å². The summed E-state index contributed by atoms with van der Waals surface area (Å²) < 4.78 is 1.70. The van der Waals surface area contributed by atoms with Gasteiger partial charge in [0, 0.05) is 11.3 Å². The van der Waals surface area contributed by atoms with Crippen molar-refractivity contribution in [3.8, 4) is 5.69 Å². The topological polar surface area (TPSA) is 73.8 Å². The summed E-state index contributed by atoms with van der Waals surface area (Å²) in [7, 11) is 0. The molecule has 2 aromatic carbocycles. The molecule has 0 radical (unpaired) electrons. The van der Waals surface area contributed by atoms with Gasteiger partial charge < -0.3 is 5.73 Å². The molecule has 0 unspecified atom stereocenters. The fourth-order valence-electron chi connectivity index (χ4n) is 2.04. The number of aromatic nitrogens is 3. The van der Waals surface area contributed by atoms with Crippen LogP contribution in [0, 0.1) is 0 Å². The van der Waals surface area contributed by atoms with Crippen LogP contribution < -0.4 is 5.73 Å². The van der Waals surface area contributed by atoms with Crippen LogP contribution in [-0.2, 0) is 0 Å². The molecule has 19 heavy (non-hydrogen) atoms. The molecule has 5 nitrogen and oxygen atoms in total. The molecular weight excluding hydrogens is 240 g/mol. The maximum atomic E-state index is 11.5. The minimum absolute atomic E-state index is 0.0660. The van der Waals surface area contributed by atoms with Gasteiger partial charge in [0.25, 0.3) is 0 Å². The molecule has 0 saturated heterocycles. The molecule has 0 saturated carbocycles. The van der Waals surface area contributed by atoms with Crippen LogP contribution in [0.4, 0.5) is 5.69 Å². The minimum Gasteiger partial charge on any atom is -0.398 e. The molecule has 0 aliphatic rings. The van der Waals surface area contributed by atoms with Crippen molar-refractivity contribution in [2.24, 2.45) is 0 Å². The van der Waals surface area contributed by atoms with Gasteiger partial charge in [-0.1, -0.05) is 17.3 Å². The van der Waals surface area contributed by atoms with E-state index in [1.54, 1.807) is 16.8 Å². The molecule has 1 aromatic heterocycles. The zero-order chi connectivity index (χ0) is 13.4. The van der Waals surface area contributed by atoms with Crippen molar-refractivity contribution in [3.63, 3.8) is 0 Å². The van der Waals surface area contributed by atoms with E-state index in [0.29, 0.717) is 11.3 Å². The number of para-hydroxylation sites is 1. The van der Waals surface area contributed by atoms with E-state index in [9.17, 15) is 4.79 Å². The average molecular weight is 252 g/mol. The summed E-state index contributed by atoms with van der Waals surface area (Å²) in [6.45, 7) is 1.49. The Kier molecular flexibility index (Phi) is 2.52. The van der Waals surface area contributed by atoms with Crippen molar-refractivity contribution >= 4 is 22.5 Å². The first-order valence-electron chi connectivity index (χ1n) is 5.88. The molecule has 3 rings (SSSR count). The smallest absolute Gasteiger partial charge is 0.161 e. The number of carbonyl (C=O) groups excluding carboxylic acids is 1. The lowest BCUT2D eigenvalue weighted by atomic mass is 10.1. The lowest BCUT2D eigenvalue weighted by molar-refractivity contribution is 0.101. The molecule has 0 bridgehead atoms. The lowest BCUT2D eigenvalue weighted by Gasteiger charge is -2.06. The maximum absolute atomic E-state index is 11.5. The van der Waals surface area contributed by atoms with Crippen LogP contribution in [0.25, 0.3) is 16.7 Å². The number of nitrogens with two attached hydrogens (primary N) is 1. The summed E-state index contributed by atoms with van der Waals surface area (Å²) in [4.78, 5) is 11.5. The van der Waals surface area contributed by atoms with E-state index in [1.165, 1.54) is 6.92 Å². The highest BCUT2D eigenvalue weighted by atomic mass is 16.1. The van der Waals surface area contributed by atoms with Crippen LogP contribution in [0.3, 0.4) is 0 Å². The van der Waals surface area contributed by atoms with Crippen LogP contribution in [-0.4, -0.2) is 20.8 Å². The van der Waals surface area contributed by atoms with Gasteiger partial charge >= 0.3 is 0 Å². The van der Waals surface area contributed by atoms with E-state index in [2.05, 4.69) is 10.3 Å². The number of anilines is 1. The van der Waals surface area contributed by atoms with E-state index in [-0.39, 0.29) is 5.78 Å². The van der Waals surface area contributed by atoms with Crippen molar-refractivity contribution < 1.29 is 4.79 Å². The number of hydrogen-bond donors (Lipinski definition) is 1. The second-order valence-corrected chi connectivity index (χ2v) is 4.32. The fraction of sp³-hybridized carbons (Fsp3) is 0.0714. The summed E-state index contributed by atoms with van der Waals surface area (Å²) in [5, 5.41) is 8.20. The first kappa shape index (κ1) is 11.4. The van der Waals surface area contributed by atoms with E-state index >= 15 is 0 Å². The Morgan fingerprint density at radius 1 is 1.21 bits per heavy atom. The molecule has 94 valence electrons. The van der Waals surface area contributed by atoms with Crippen LogP contribution in [0.15, 0.2) is 42.5 Å². The standard InChI is InChI=1S/C14H12N4O/c1-9(19)11-8-10(6-7-12(11)15)18-14-5-3-2-4-13(14)16-17-18/h2-8H,15H2,1H3. The predicted molar refractivity (Wildman–Crippen MR) is 73.3 cm³/mol. The highest BCUT2D eigenvalue weighted by Gasteiger charge is 2.10. The molecule has 0 atom stereocenters. The van der Waals surface area contributed by atoms with Crippen LogP contribution in [0.2, 0.25) is 0 Å². The summed E-state index contributed by atoms with van der Waals surface area (Å²) in [5.41, 5.74) is 9.23. The van der Waals surface area contributed by atoms with Crippen molar-refractivity contribution in [2.75, 3.05) is 5.73 Å². The second kappa shape index (κ2) is 4.20. The van der Waals surface area contributed by atoms with E-state index in [0.717, 1.165) is 16.7 Å². The van der Waals surface area contributed by atoms with Crippen molar-refractivity contribution in [1.29, 1.82) is 0 Å². The highest BCUT2D eigenvalue weighted by Crippen LogP contribution is 2.20. The third kappa shape index (κ3) is 1.85. The Morgan fingerprint density at radius 2 is 2.00 bits per heavy atom. The zero-order valence-electron chi connectivity index (χ0n) is 10.4. The molecule has 0 amide bonds. The normalized spacial score (nSPS) is 10.8. The minimum atomic E-state index is -0.0660. The molecule has 0 fully saturated rings. The van der Waals surface area contributed by atoms with Crippen LogP contribution >= 0.6 is 0 Å². The van der Waals surface area contributed by atoms with Crippen LogP contribution in [0.1, 0.15) is 17.3 Å². The Labute approximate surface area is 109 Å². The predicted octanol–water partition coefficient (Wildman–Crippen LogP) is 2.21. The van der Waals surface area contributed by atoms with Crippen molar-refractivity contribution in [2.45, 2.75) is 6.92 Å². The highest BCUT2D eigenvalue weighted by molar-refractivity contribution is 5.99. The third-order valence-electron chi connectivity index (χ3n) is 3.01. The first-order chi connectivity index (χ1) is 9.16. The molecule has 0 spiro atoms. The number of nitrogens with zero attached hydrogens (tertiary/aromatic N) is 3. The monoisotopic (exact) mass is 252 g/mol.